The number of ether oxygens (including phenoxy) is 1. The second kappa shape index (κ2) is 10.6. The minimum atomic E-state index is -1.03. The Morgan fingerprint density at radius 3 is 2.39 bits per heavy atom. The molecule has 1 N–H and O–H groups in total. The first kappa shape index (κ1) is 16.4. The quantitative estimate of drug-likeness (QED) is 0.297. The monoisotopic (exact) mass is 254 g/mol. The van der Waals surface area contributed by atoms with Gasteiger partial charge in [0.05, 0.1) is 6.61 Å². The average Bonchev–Trinajstić information content (AvgIpc) is 2.33. The Kier molecular flexibility index (Phi) is 9.64. The third kappa shape index (κ3) is 8.56. The van der Waals surface area contributed by atoms with E-state index in [4.69, 9.17) is 9.84 Å². The molecule has 0 aromatic heterocycles. The normalized spacial score (nSPS) is 11.8. The van der Waals surface area contributed by atoms with E-state index < -0.39 is 5.97 Å². The van der Waals surface area contributed by atoms with E-state index in [0.29, 0.717) is 18.6 Å². The van der Waals surface area contributed by atoms with Gasteiger partial charge in [-0.05, 0) is 19.3 Å². The third-order valence-electron chi connectivity index (χ3n) is 2.33. The van der Waals surface area contributed by atoms with Crippen molar-refractivity contribution in [3.63, 3.8) is 0 Å². The van der Waals surface area contributed by atoms with E-state index in [2.05, 4.69) is 0 Å². The average molecular weight is 254 g/mol. The summed E-state index contributed by atoms with van der Waals surface area (Å²) in [4.78, 5) is 22.1. The van der Waals surface area contributed by atoms with E-state index in [1.165, 1.54) is 12.2 Å². The molecule has 0 atom stereocenters. The number of esters is 1. The van der Waals surface area contributed by atoms with Crippen LogP contribution in [-0.2, 0) is 14.3 Å². The summed E-state index contributed by atoms with van der Waals surface area (Å²) in [6.45, 7) is 4.48. The van der Waals surface area contributed by atoms with Gasteiger partial charge in [-0.2, -0.15) is 0 Å². The fourth-order valence-corrected chi connectivity index (χ4v) is 1.27. The molecule has 102 valence electrons. The van der Waals surface area contributed by atoms with E-state index in [1.807, 2.05) is 13.8 Å². The van der Waals surface area contributed by atoms with Gasteiger partial charge >= 0.3 is 11.9 Å². The molecule has 0 saturated carbocycles. The predicted molar refractivity (Wildman–Crippen MR) is 70.3 cm³/mol. The number of rotatable bonds is 9. The van der Waals surface area contributed by atoms with Crippen LogP contribution in [0.15, 0.2) is 23.8 Å². The van der Waals surface area contributed by atoms with Gasteiger partial charge in [-0.3, -0.25) is 0 Å². The fourth-order valence-electron chi connectivity index (χ4n) is 1.27. The molecule has 4 nitrogen and oxygen atoms in total. The van der Waals surface area contributed by atoms with E-state index in [-0.39, 0.29) is 5.97 Å². The molecule has 0 aliphatic carbocycles. The van der Waals surface area contributed by atoms with Crippen LogP contribution in [0.1, 0.15) is 46.0 Å². The Labute approximate surface area is 108 Å². The topological polar surface area (TPSA) is 63.6 Å². The van der Waals surface area contributed by atoms with Crippen LogP contribution < -0.4 is 0 Å². The lowest BCUT2D eigenvalue weighted by atomic mass is 10.1. The Hall–Kier alpha value is -1.58. The molecule has 4 heteroatoms. The number of carbonyl (C=O) groups excluding carboxylic acids is 1. The van der Waals surface area contributed by atoms with Crippen LogP contribution in [0.2, 0.25) is 0 Å². The number of carbonyl (C=O) groups is 2. The highest BCUT2D eigenvalue weighted by Gasteiger charge is 2.09. The second-order valence-electron chi connectivity index (χ2n) is 3.98. The summed E-state index contributed by atoms with van der Waals surface area (Å²) in [6.07, 6.45) is 8.19. The highest BCUT2D eigenvalue weighted by molar-refractivity contribution is 5.89. The van der Waals surface area contributed by atoms with Crippen molar-refractivity contribution in [2.45, 2.75) is 46.0 Å². The fraction of sp³-hybridized carbons (Fsp3) is 0.571. The summed E-state index contributed by atoms with van der Waals surface area (Å²) in [5.41, 5.74) is 0.533. The zero-order chi connectivity index (χ0) is 13.8. The standard InChI is InChI=1S/C14H22O4/c1-3-5-8-12(9-7-10-13(15)16)14(17)18-11-6-4-2/h7,9-10H,3-6,8,11H2,1-2H3,(H,15,16). The lowest BCUT2D eigenvalue weighted by Crippen LogP contribution is -2.09. The van der Waals surface area contributed by atoms with Crippen LogP contribution in [0.3, 0.4) is 0 Å². The van der Waals surface area contributed by atoms with Crippen molar-refractivity contribution in [3.8, 4) is 0 Å². The number of hydrogen-bond donors (Lipinski definition) is 1. The highest BCUT2D eigenvalue weighted by atomic mass is 16.5. The van der Waals surface area contributed by atoms with Gasteiger partial charge in [0.25, 0.3) is 0 Å². The maximum atomic E-state index is 11.7. The van der Waals surface area contributed by atoms with Crippen LogP contribution in [0.4, 0.5) is 0 Å². The molecular weight excluding hydrogens is 232 g/mol. The van der Waals surface area contributed by atoms with Crippen molar-refractivity contribution >= 4 is 11.9 Å². The molecule has 0 saturated heterocycles. The molecule has 0 bridgehead atoms. The largest absolute Gasteiger partial charge is 0.478 e. The molecule has 0 aliphatic rings. The van der Waals surface area contributed by atoms with Crippen molar-refractivity contribution in [2.75, 3.05) is 6.61 Å². The number of allylic oxidation sites excluding steroid dienone is 2. The molecule has 0 amide bonds. The van der Waals surface area contributed by atoms with Crippen LogP contribution in [0.25, 0.3) is 0 Å². The number of aliphatic carboxylic acids is 1. The minimum absolute atomic E-state index is 0.341. The molecule has 0 radical (unpaired) electrons. The Bertz CT molecular complexity index is 316. The molecule has 0 heterocycles. The summed E-state index contributed by atoms with van der Waals surface area (Å²) < 4.78 is 5.11. The minimum Gasteiger partial charge on any atom is -0.478 e. The van der Waals surface area contributed by atoms with Gasteiger partial charge in [-0.15, -0.1) is 0 Å². The maximum absolute atomic E-state index is 11.7. The Morgan fingerprint density at radius 1 is 1.17 bits per heavy atom. The van der Waals surface area contributed by atoms with Crippen molar-refractivity contribution in [1.82, 2.24) is 0 Å². The molecule has 18 heavy (non-hydrogen) atoms. The van der Waals surface area contributed by atoms with E-state index >= 15 is 0 Å². The van der Waals surface area contributed by atoms with Gasteiger partial charge in [0, 0.05) is 11.6 Å². The van der Waals surface area contributed by atoms with E-state index in [9.17, 15) is 9.59 Å². The van der Waals surface area contributed by atoms with Crippen molar-refractivity contribution in [3.05, 3.63) is 23.8 Å². The molecular formula is C14H22O4. The number of hydrogen-bond acceptors (Lipinski definition) is 3. The number of unbranched alkanes of at least 4 members (excludes halogenated alkanes) is 2. The van der Waals surface area contributed by atoms with Gasteiger partial charge in [0.15, 0.2) is 0 Å². The van der Waals surface area contributed by atoms with E-state index in [0.717, 1.165) is 31.8 Å². The molecule has 0 aromatic carbocycles. The lowest BCUT2D eigenvalue weighted by Gasteiger charge is -2.06. The van der Waals surface area contributed by atoms with E-state index in [1.54, 1.807) is 0 Å². The first-order valence-electron chi connectivity index (χ1n) is 6.39. The first-order valence-corrected chi connectivity index (χ1v) is 6.39. The summed E-state index contributed by atoms with van der Waals surface area (Å²) in [7, 11) is 0. The van der Waals surface area contributed by atoms with Crippen LogP contribution in [0, 0.1) is 0 Å². The SMILES string of the molecule is CCCCOC(=O)C(=CC=CC(=O)O)CCCC. The Balaban J connectivity index is 4.45. The van der Waals surface area contributed by atoms with Gasteiger partial charge < -0.3 is 9.84 Å². The zero-order valence-corrected chi connectivity index (χ0v) is 11.1. The Morgan fingerprint density at radius 2 is 1.83 bits per heavy atom. The molecule has 0 aliphatic heterocycles. The summed E-state index contributed by atoms with van der Waals surface area (Å²) in [5, 5.41) is 8.48. The van der Waals surface area contributed by atoms with Crippen molar-refractivity contribution in [1.29, 1.82) is 0 Å². The number of carboxylic acid groups (broad SMARTS) is 1. The van der Waals surface area contributed by atoms with Crippen LogP contribution in [-0.4, -0.2) is 23.7 Å². The first-order chi connectivity index (χ1) is 8.61. The van der Waals surface area contributed by atoms with Crippen molar-refractivity contribution in [2.24, 2.45) is 0 Å². The van der Waals surface area contributed by atoms with Crippen LogP contribution >= 0.6 is 0 Å². The van der Waals surface area contributed by atoms with Gasteiger partial charge in [0.2, 0.25) is 0 Å². The highest BCUT2D eigenvalue weighted by Crippen LogP contribution is 2.10. The van der Waals surface area contributed by atoms with Gasteiger partial charge in [-0.1, -0.05) is 38.8 Å². The number of carboxylic acids is 1. The lowest BCUT2D eigenvalue weighted by molar-refractivity contribution is -0.139. The molecule has 0 spiro atoms. The molecule has 0 unspecified atom stereocenters. The van der Waals surface area contributed by atoms with Gasteiger partial charge in [0.1, 0.15) is 0 Å². The summed E-state index contributed by atoms with van der Waals surface area (Å²) in [6, 6.07) is 0. The van der Waals surface area contributed by atoms with Crippen molar-refractivity contribution < 1.29 is 19.4 Å². The molecule has 0 fully saturated rings. The second-order valence-corrected chi connectivity index (χ2v) is 3.98. The smallest absolute Gasteiger partial charge is 0.333 e. The summed E-state index contributed by atoms with van der Waals surface area (Å²) in [5.74, 6) is -1.37. The molecule has 0 aromatic rings. The van der Waals surface area contributed by atoms with Gasteiger partial charge in [-0.25, -0.2) is 9.59 Å². The zero-order valence-electron chi connectivity index (χ0n) is 11.1. The predicted octanol–water partition coefficient (Wildman–Crippen LogP) is 3.09. The summed E-state index contributed by atoms with van der Waals surface area (Å²) >= 11 is 0. The third-order valence-corrected chi connectivity index (χ3v) is 2.33. The molecule has 0 rings (SSSR count). The maximum Gasteiger partial charge on any atom is 0.333 e. The van der Waals surface area contributed by atoms with Crippen LogP contribution in [0.5, 0.6) is 0 Å².